The Bertz CT molecular complexity index is 405. The summed E-state index contributed by atoms with van der Waals surface area (Å²) in [5, 5.41) is 10.3. The minimum atomic E-state index is -0.908. The van der Waals surface area contributed by atoms with E-state index in [1.807, 2.05) is 12.1 Å². The van der Waals surface area contributed by atoms with Gasteiger partial charge in [-0.1, -0.05) is 0 Å². The second-order valence-corrected chi connectivity index (χ2v) is 4.10. The Balaban J connectivity index is 2.52. The summed E-state index contributed by atoms with van der Waals surface area (Å²) < 4.78 is 10.4. The van der Waals surface area contributed by atoms with Crippen LogP contribution in [0.3, 0.4) is 0 Å². The number of benzene rings is 1. The first-order valence-electron chi connectivity index (χ1n) is 5.32. The lowest BCUT2D eigenvalue weighted by molar-refractivity contribution is 0.0479. The van der Waals surface area contributed by atoms with Gasteiger partial charge in [0.1, 0.15) is 5.60 Å². The van der Waals surface area contributed by atoms with Crippen molar-refractivity contribution >= 4 is 0 Å². The molecular weight excluding hydrogens is 206 g/mol. The van der Waals surface area contributed by atoms with Gasteiger partial charge in [-0.2, -0.15) is 0 Å². The number of nitrogens with two attached hydrogens (primary N) is 1. The van der Waals surface area contributed by atoms with E-state index in [-0.39, 0.29) is 6.54 Å². The van der Waals surface area contributed by atoms with Gasteiger partial charge in [-0.05, 0) is 36.1 Å². The minimum Gasteiger partial charge on any atom is -0.493 e. The average Bonchev–Trinajstić information content (AvgIpc) is 2.65. The van der Waals surface area contributed by atoms with Gasteiger partial charge in [0.25, 0.3) is 0 Å². The van der Waals surface area contributed by atoms with Gasteiger partial charge in [0.15, 0.2) is 11.5 Å². The van der Waals surface area contributed by atoms with Crippen molar-refractivity contribution in [2.75, 3.05) is 20.8 Å². The standard InChI is InChI=1S/C12H17NO3/c1-15-10-5-8-3-4-12(14,7-13)9(8)6-11(10)16-2/h5-6,14H,3-4,7,13H2,1-2H3. The molecule has 0 aliphatic heterocycles. The number of rotatable bonds is 3. The SMILES string of the molecule is COc1cc2c(cc1OC)C(O)(CN)CC2. The van der Waals surface area contributed by atoms with Gasteiger partial charge in [-0.25, -0.2) is 0 Å². The fourth-order valence-corrected chi connectivity index (χ4v) is 2.25. The van der Waals surface area contributed by atoms with E-state index in [0.29, 0.717) is 17.9 Å². The van der Waals surface area contributed by atoms with Crippen LogP contribution in [-0.2, 0) is 12.0 Å². The van der Waals surface area contributed by atoms with Crippen molar-refractivity contribution in [3.8, 4) is 11.5 Å². The first-order chi connectivity index (χ1) is 7.64. The highest BCUT2D eigenvalue weighted by molar-refractivity contribution is 5.51. The van der Waals surface area contributed by atoms with Crippen LogP contribution in [0.15, 0.2) is 12.1 Å². The van der Waals surface area contributed by atoms with Crippen LogP contribution in [0.25, 0.3) is 0 Å². The molecule has 88 valence electrons. The van der Waals surface area contributed by atoms with E-state index >= 15 is 0 Å². The molecule has 0 radical (unpaired) electrons. The molecule has 0 bridgehead atoms. The highest BCUT2D eigenvalue weighted by Crippen LogP contribution is 2.42. The molecule has 16 heavy (non-hydrogen) atoms. The third-order valence-corrected chi connectivity index (χ3v) is 3.26. The van der Waals surface area contributed by atoms with Gasteiger partial charge >= 0.3 is 0 Å². The van der Waals surface area contributed by atoms with Crippen LogP contribution in [0.4, 0.5) is 0 Å². The highest BCUT2D eigenvalue weighted by Gasteiger charge is 2.36. The van der Waals surface area contributed by atoms with Crippen molar-refractivity contribution in [3.63, 3.8) is 0 Å². The molecule has 1 unspecified atom stereocenters. The second kappa shape index (κ2) is 3.96. The summed E-state index contributed by atoms with van der Waals surface area (Å²) in [6, 6.07) is 3.75. The second-order valence-electron chi connectivity index (χ2n) is 4.10. The van der Waals surface area contributed by atoms with E-state index in [0.717, 1.165) is 17.5 Å². The Morgan fingerprint density at radius 2 is 1.94 bits per heavy atom. The molecule has 3 N–H and O–H groups in total. The Morgan fingerprint density at radius 3 is 2.50 bits per heavy atom. The quantitative estimate of drug-likeness (QED) is 0.795. The third kappa shape index (κ3) is 1.54. The molecule has 4 heteroatoms. The Labute approximate surface area is 95.0 Å². The average molecular weight is 223 g/mol. The topological polar surface area (TPSA) is 64.7 Å². The maximum absolute atomic E-state index is 10.3. The fraction of sp³-hybridized carbons (Fsp3) is 0.500. The van der Waals surface area contributed by atoms with E-state index in [9.17, 15) is 5.11 Å². The molecule has 1 atom stereocenters. The predicted octanol–water partition coefficient (Wildman–Crippen LogP) is 0.796. The molecule has 0 amide bonds. The Hall–Kier alpha value is -1.26. The first-order valence-corrected chi connectivity index (χ1v) is 5.32. The lowest BCUT2D eigenvalue weighted by Gasteiger charge is -2.22. The molecule has 0 spiro atoms. The number of hydrogen-bond acceptors (Lipinski definition) is 4. The van der Waals surface area contributed by atoms with Gasteiger partial charge in [0, 0.05) is 6.54 Å². The molecule has 0 saturated carbocycles. The lowest BCUT2D eigenvalue weighted by Crippen LogP contribution is -2.32. The van der Waals surface area contributed by atoms with Gasteiger partial charge < -0.3 is 20.3 Å². The monoisotopic (exact) mass is 223 g/mol. The Morgan fingerprint density at radius 1 is 1.31 bits per heavy atom. The first kappa shape index (κ1) is 11.2. The maximum Gasteiger partial charge on any atom is 0.161 e. The summed E-state index contributed by atoms with van der Waals surface area (Å²) in [6.07, 6.45) is 1.48. The number of hydrogen-bond donors (Lipinski definition) is 2. The van der Waals surface area contributed by atoms with E-state index in [4.69, 9.17) is 15.2 Å². The zero-order chi connectivity index (χ0) is 11.8. The van der Waals surface area contributed by atoms with Crippen molar-refractivity contribution in [2.24, 2.45) is 5.73 Å². The number of aliphatic hydroxyl groups is 1. The lowest BCUT2D eigenvalue weighted by atomic mass is 9.96. The normalized spacial score (nSPS) is 23.0. The van der Waals surface area contributed by atoms with E-state index < -0.39 is 5.60 Å². The molecule has 1 aromatic carbocycles. The van der Waals surface area contributed by atoms with Crippen LogP contribution in [0, 0.1) is 0 Å². The molecule has 1 aliphatic rings. The molecule has 0 heterocycles. The molecule has 1 aliphatic carbocycles. The van der Waals surface area contributed by atoms with Crippen LogP contribution in [-0.4, -0.2) is 25.9 Å². The molecular formula is C12H17NO3. The minimum absolute atomic E-state index is 0.232. The molecule has 0 saturated heterocycles. The number of methoxy groups -OCH3 is 2. The third-order valence-electron chi connectivity index (χ3n) is 3.26. The summed E-state index contributed by atoms with van der Waals surface area (Å²) >= 11 is 0. The summed E-state index contributed by atoms with van der Waals surface area (Å²) in [5.74, 6) is 1.33. The van der Waals surface area contributed by atoms with E-state index in [1.165, 1.54) is 0 Å². The van der Waals surface area contributed by atoms with Crippen molar-refractivity contribution < 1.29 is 14.6 Å². The van der Waals surface area contributed by atoms with E-state index in [2.05, 4.69) is 0 Å². The van der Waals surface area contributed by atoms with Crippen LogP contribution in [0.1, 0.15) is 17.5 Å². The van der Waals surface area contributed by atoms with Crippen LogP contribution in [0.5, 0.6) is 11.5 Å². The summed E-state index contributed by atoms with van der Waals surface area (Å²) in [5.41, 5.74) is 6.67. The predicted molar refractivity (Wildman–Crippen MR) is 60.8 cm³/mol. The van der Waals surface area contributed by atoms with Crippen molar-refractivity contribution in [1.82, 2.24) is 0 Å². The number of ether oxygens (including phenoxy) is 2. The highest BCUT2D eigenvalue weighted by atomic mass is 16.5. The largest absolute Gasteiger partial charge is 0.493 e. The zero-order valence-electron chi connectivity index (χ0n) is 9.62. The fourth-order valence-electron chi connectivity index (χ4n) is 2.25. The van der Waals surface area contributed by atoms with Crippen LogP contribution in [0.2, 0.25) is 0 Å². The Kier molecular flexibility index (Phi) is 2.78. The molecule has 0 aromatic heterocycles. The molecule has 4 nitrogen and oxygen atoms in total. The molecule has 2 rings (SSSR count). The number of fused-ring (bicyclic) bond motifs is 1. The summed E-state index contributed by atoms with van der Waals surface area (Å²) in [7, 11) is 3.19. The smallest absolute Gasteiger partial charge is 0.161 e. The van der Waals surface area contributed by atoms with Crippen molar-refractivity contribution in [3.05, 3.63) is 23.3 Å². The van der Waals surface area contributed by atoms with E-state index in [1.54, 1.807) is 14.2 Å². The van der Waals surface area contributed by atoms with Gasteiger partial charge in [0.05, 0.1) is 14.2 Å². The van der Waals surface area contributed by atoms with Gasteiger partial charge in [-0.15, -0.1) is 0 Å². The van der Waals surface area contributed by atoms with Crippen LogP contribution >= 0.6 is 0 Å². The number of aryl methyl sites for hydroxylation is 1. The zero-order valence-corrected chi connectivity index (χ0v) is 9.62. The summed E-state index contributed by atoms with van der Waals surface area (Å²) in [4.78, 5) is 0. The van der Waals surface area contributed by atoms with Gasteiger partial charge in [-0.3, -0.25) is 0 Å². The van der Waals surface area contributed by atoms with Crippen LogP contribution < -0.4 is 15.2 Å². The van der Waals surface area contributed by atoms with Crippen molar-refractivity contribution in [1.29, 1.82) is 0 Å². The van der Waals surface area contributed by atoms with Gasteiger partial charge in [0.2, 0.25) is 0 Å². The molecule has 0 fully saturated rings. The molecule has 1 aromatic rings. The maximum atomic E-state index is 10.3. The van der Waals surface area contributed by atoms with Crippen molar-refractivity contribution in [2.45, 2.75) is 18.4 Å². The summed E-state index contributed by atoms with van der Waals surface area (Å²) in [6.45, 7) is 0.232.